The summed E-state index contributed by atoms with van der Waals surface area (Å²) in [6.45, 7) is 1.01. The van der Waals surface area contributed by atoms with Gasteiger partial charge in [0.05, 0.1) is 12.8 Å². The van der Waals surface area contributed by atoms with Gasteiger partial charge in [0, 0.05) is 0 Å². The first-order chi connectivity index (χ1) is 8.08. The molecule has 0 radical (unpaired) electrons. The molecule has 0 aliphatic rings. The zero-order valence-electron chi connectivity index (χ0n) is 9.73. The van der Waals surface area contributed by atoms with Crippen molar-refractivity contribution in [1.82, 2.24) is 0 Å². The van der Waals surface area contributed by atoms with E-state index in [0.717, 1.165) is 6.92 Å². The van der Waals surface area contributed by atoms with Crippen LogP contribution in [0.1, 0.15) is 19.8 Å². The number of carbonyl (C=O) groups excluding carboxylic acids is 2. The van der Waals surface area contributed by atoms with Crippen molar-refractivity contribution < 1.29 is 44.3 Å². The van der Waals surface area contributed by atoms with E-state index >= 15 is 0 Å². The van der Waals surface area contributed by atoms with Gasteiger partial charge in [-0.3, -0.25) is 9.59 Å². The fourth-order valence-electron chi connectivity index (χ4n) is 0.936. The van der Waals surface area contributed by atoms with E-state index < -0.39 is 48.4 Å². The molecule has 2 atom stereocenters. The van der Waals surface area contributed by atoms with Crippen LogP contribution in [0.25, 0.3) is 0 Å². The Kier molecular flexibility index (Phi) is 25.4. The molecule has 0 saturated heterocycles. The molecule has 0 aliphatic heterocycles. The molecular weight excluding hydrogens is 374 g/mol. The number of carbonyl (C=O) groups is 4. The van der Waals surface area contributed by atoms with Gasteiger partial charge >= 0.3 is 121 Å². The number of aliphatic carboxylic acids is 2. The van der Waals surface area contributed by atoms with Crippen LogP contribution in [0, 0.1) is 0 Å². The first-order valence-electron chi connectivity index (χ1n) is 4.68. The normalized spacial score (nSPS) is 12.5. The van der Waals surface area contributed by atoms with Crippen LogP contribution in [0.3, 0.4) is 0 Å². The van der Waals surface area contributed by atoms with E-state index in [1.807, 2.05) is 0 Å². The maximum absolute atomic E-state index is 11.1. The fourth-order valence-corrected chi connectivity index (χ4v) is 0.936. The number of carboxylic acids is 2. The fraction of sp³-hybridized carbons (Fsp3) is 0.556. The Morgan fingerprint density at radius 3 is 1.77 bits per heavy atom. The van der Waals surface area contributed by atoms with E-state index in [4.69, 9.17) is 15.3 Å². The molecule has 0 bridgehead atoms. The predicted molar refractivity (Wildman–Crippen MR) is 82.3 cm³/mol. The Morgan fingerprint density at radius 2 is 1.50 bits per heavy atom. The molecule has 0 amide bonds. The first kappa shape index (κ1) is 34.8. The van der Waals surface area contributed by atoms with Crippen LogP contribution in [0.2, 0.25) is 0 Å². The molecule has 0 heterocycles. The van der Waals surface area contributed by atoms with Crippen molar-refractivity contribution in [2.24, 2.45) is 0 Å². The molecule has 0 saturated carbocycles. The van der Waals surface area contributed by atoms with Gasteiger partial charge in [0.15, 0.2) is 5.60 Å². The number of halogens is 1. The minimum absolute atomic E-state index is 0. The number of ether oxygens (including phenoxy) is 1. The predicted octanol–water partition coefficient (Wildman–Crippen LogP) is -3.67. The van der Waals surface area contributed by atoms with Crippen molar-refractivity contribution in [2.75, 3.05) is 0 Å². The molecule has 2 unspecified atom stereocenters. The number of aliphatic hydroxyl groups is 2. The molecule has 0 aromatic heterocycles. The second-order valence-corrected chi connectivity index (χ2v) is 3.55. The van der Waals surface area contributed by atoms with Crippen LogP contribution in [0.4, 0.5) is 0 Å². The van der Waals surface area contributed by atoms with Gasteiger partial charge in [0.2, 0.25) is 0 Å². The Morgan fingerprint density at radius 1 is 1.09 bits per heavy atom. The van der Waals surface area contributed by atoms with Gasteiger partial charge in [-0.2, -0.15) is 0 Å². The van der Waals surface area contributed by atoms with Crippen LogP contribution in [-0.4, -0.2) is 153 Å². The van der Waals surface area contributed by atoms with E-state index in [-0.39, 0.29) is 109 Å². The molecular formula is C9H17CaClNa2O9. The van der Waals surface area contributed by atoms with Crippen LogP contribution >= 0.6 is 12.4 Å². The summed E-state index contributed by atoms with van der Waals surface area (Å²) >= 11 is 0. The summed E-state index contributed by atoms with van der Waals surface area (Å²) in [5, 5.41) is 35.2. The average molecular weight is 391 g/mol. The summed E-state index contributed by atoms with van der Waals surface area (Å²) in [6.07, 6.45) is -4.07. The van der Waals surface area contributed by atoms with Crippen LogP contribution < -0.4 is 0 Å². The van der Waals surface area contributed by atoms with Gasteiger partial charge in [-0.25, -0.2) is 9.59 Å². The Balaban J connectivity index is -0.000000241. The van der Waals surface area contributed by atoms with E-state index in [1.54, 1.807) is 0 Å². The summed E-state index contributed by atoms with van der Waals surface area (Å²) < 4.78 is 4.00. The van der Waals surface area contributed by atoms with Crippen LogP contribution in [0.15, 0.2) is 0 Å². The maximum atomic E-state index is 11.1. The molecule has 0 spiro atoms. The van der Waals surface area contributed by atoms with Crippen molar-refractivity contribution in [3.05, 3.63) is 0 Å². The van der Waals surface area contributed by atoms with Gasteiger partial charge in [0.1, 0.15) is 6.10 Å². The monoisotopic (exact) mass is 390 g/mol. The standard InChI is InChI=1S/C9H12O9.Ca.ClH.2Na.4H/c1-4(10)7(14)18-6(13)3-9(17,8(15)16)2-5(11)12;;;;;;;;/h4,10,17H,2-3H2,1H3,(H,11,12)(H,15,16);;1H;;;;;;. The van der Waals surface area contributed by atoms with Crippen molar-refractivity contribution in [3.8, 4) is 0 Å². The molecule has 9 nitrogen and oxygen atoms in total. The summed E-state index contributed by atoms with van der Waals surface area (Å²) in [7, 11) is 0. The summed E-state index contributed by atoms with van der Waals surface area (Å²) in [5.41, 5.74) is -2.87. The molecule has 4 N–H and O–H groups in total. The Labute approximate surface area is 206 Å². The minimum atomic E-state index is -2.87. The number of aliphatic hydroxyl groups excluding tert-OH is 1. The molecule has 118 valence electrons. The van der Waals surface area contributed by atoms with Crippen LogP contribution in [0.5, 0.6) is 0 Å². The van der Waals surface area contributed by atoms with Crippen molar-refractivity contribution in [3.63, 3.8) is 0 Å². The van der Waals surface area contributed by atoms with E-state index in [2.05, 4.69) is 4.74 Å². The van der Waals surface area contributed by atoms with Gasteiger partial charge in [-0.05, 0) is 6.92 Å². The summed E-state index contributed by atoms with van der Waals surface area (Å²) in [4.78, 5) is 42.9. The molecule has 0 rings (SSSR count). The van der Waals surface area contributed by atoms with Gasteiger partial charge in [-0.15, -0.1) is 12.4 Å². The third kappa shape index (κ3) is 13.9. The molecule has 13 heteroatoms. The van der Waals surface area contributed by atoms with Gasteiger partial charge < -0.3 is 25.2 Å². The molecule has 0 fully saturated rings. The number of hydrogen-bond donors (Lipinski definition) is 4. The number of esters is 2. The van der Waals surface area contributed by atoms with Crippen molar-refractivity contribution >= 4 is 133 Å². The van der Waals surface area contributed by atoms with E-state index in [0.29, 0.717) is 0 Å². The zero-order valence-corrected chi connectivity index (χ0v) is 10.5. The molecule has 0 aliphatic carbocycles. The molecule has 0 aromatic carbocycles. The van der Waals surface area contributed by atoms with Crippen molar-refractivity contribution in [2.45, 2.75) is 31.5 Å². The van der Waals surface area contributed by atoms with Gasteiger partial charge in [-0.1, -0.05) is 0 Å². The third-order valence-corrected chi connectivity index (χ3v) is 1.83. The average Bonchev–Trinajstić information content (AvgIpc) is 2.14. The number of carboxylic acid groups (broad SMARTS) is 2. The van der Waals surface area contributed by atoms with E-state index in [1.165, 1.54) is 0 Å². The SMILES string of the molecule is CC(O)C(=O)OC(=O)CC(O)(CC(=O)O)C(=O)O.Cl.[CaH2].[NaH].[NaH]. The third-order valence-electron chi connectivity index (χ3n) is 1.83. The van der Waals surface area contributed by atoms with Crippen molar-refractivity contribution in [1.29, 1.82) is 0 Å². The zero-order chi connectivity index (χ0) is 14.5. The molecule has 22 heavy (non-hydrogen) atoms. The Bertz CT molecular complexity index is 393. The number of rotatable bonds is 6. The second kappa shape index (κ2) is 16.0. The van der Waals surface area contributed by atoms with E-state index in [9.17, 15) is 24.3 Å². The summed E-state index contributed by atoms with van der Waals surface area (Å²) in [5.74, 6) is -6.36. The topological polar surface area (TPSA) is 158 Å². The molecule has 0 aromatic rings. The quantitative estimate of drug-likeness (QED) is 0.203. The first-order valence-corrected chi connectivity index (χ1v) is 4.68. The summed E-state index contributed by atoms with van der Waals surface area (Å²) in [6, 6.07) is 0. The number of hydrogen-bond acceptors (Lipinski definition) is 7. The van der Waals surface area contributed by atoms with Crippen LogP contribution in [-0.2, 0) is 23.9 Å². The Hall–Kier alpha value is 1.55. The van der Waals surface area contributed by atoms with Gasteiger partial charge in [0.25, 0.3) is 0 Å². The second-order valence-electron chi connectivity index (χ2n) is 3.55.